The molecule has 2 unspecified atom stereocenters. The maximum absolute atomic E-state index is 12.3. The number of rotatable bonds is 1. The minimum absolute atomic E-state index is 0.0572. The maximum Gasteiger partial charge on any atom is 0.315 e. The maximum atomic E-state index is 12.3. The Balaban J connectivity index is 1.64. The predicted octanol–water partition coefficient (Wildman–Crippen LogP) is 0.705. The number of carbonyl (C=O) groups is 2. The molecule has 1 aromatic rings. The van der Waals surface area contributed by atoms with Crippen LogP contribution in [0.15, 0.2) is 0 Å². The van der Waals surface area contributed by atoms with E-state index < -0.39 is 11.8 Å². The molecule has 0 aromatic carbocycles. The minimum Gasteiger partial charge on any atom is -0.372 e. The molecule has 0 saturated carbocycles. The first-order valence-corrected chi connectivity index (χ1v) is 8.67. The average Bonchev–Trinajstić information content (AvgIpc) is 2.86. The molecule has 1 N–H and O–H groups in total. The zero-order chi connectivity index (χ0) is 16.6. The molecule has 7 nitrogen and oxygen atoms in total. The van der Waals surface area contributed by atoms with Crippen LogP contribution in [0.5, 0.6) is 0 Å². The smallest absolute Gasteiger partial charge is 0.315 e. The van der Waals surface area contributed by atoms with Crippen LogP contribution in [0.4, 0.5) is 5.13 Å². The number of fused-ring (bicyclic) bond motifs is 1. The van der Waals surface area contributed by atoms with E-state index in [1.54, 1.807) is 4.90 Å². The van der Waals surface area contributed by atoms with Crippen LogP contribution in [0.25, 0.3) is 0 Å². The molecule has 0 aliphatic carbocycles. The summed E-state index contributed by atoms with van der Waals surface area (Å²) in [5.74, 6) is -1.14. The Morgan fingerprint density at radius 2 is 2.00 bits per heavy atom. The van der Waals surface area contributed by atoms with Crippen molar-refractivity contribution < 1.29 is 14.3 Å². The zero-order valence-corrected chi connectivity index (χ0v) is 14.5. The van der Waals surface area contributed by atoms with E-state index in [-0.39, 0.29) is 12.2 Å². The molecule has 0 bridgehead atoms. The van der Waals surface area contributed by atoms with Crippen LogP contribution in [0.3, 0.4) is 0 Å². The number of carbonyl (C=O) groups excluding carboxylic acids is 2. The molecule has 2 aliphatic heterocycles. The molecular formula is C15H22N4O3S. The first-order valence-electron chi connectivity index (χ1n) is 7.85. The van der Waals surface area contributed by atoms with E-state index in [1.165, 1.54) is 11.3 Å². The van der Waals surface area contributed by atoms with Gasteiger partial charge in [0.15, 0.2) is 5.13 Å². The third-order valence-electron chi connectivity index (χ3n) is 4.04. The van der Waals surface area contributed by atoms with Crippen molar-refractivity contribution in [1.29, 1.82) is 0 Å². The van der Waals surface area contributed by atoms with Crippen LogP contribution in [-0.4, -0.2) is 65.5 Å². The molecule has 0 radical (unpaired) electrons. The summed E-state index contributed by atoms with van der Waals surface area (Å²) in [4.78, 5) is 33.9. The molecule has 2 aliphatic rings. The highest BCUT2D eigenvalue weighted by atomic mass is 32.1. The molecule has 3 rings (SSSR count). The van der Waals surface area contributed by atoms with Gasteiger partial charge in [0, 0.05) is 37.5 Å². The lowest BCUT2D eigenvalue weighted by Crippen LogP contribution is -2.51. The lowest BCUT2D eigenvalue weighted by Gasteiger charge is -2.34. The zero-order valence-electron chi connectivity index (χ0n) is 13.7. The third-order valence-corrected chi connectivity index (χ3v) is 5.04. The summed E-state index contributed by atoms with van der Waals surface area (Å²) in [6.07, 6.45) is 0.765. The number of likely N-dealkylation sites (N-methyl/N-ethyl adjacent to an activating group) is 1. The van der Waals surface area contributed by atoms with Crippen molar-refractivity contribution in [2.24, 2.45) is 0 Å². The standard InChI is InChI=1S/C15H22N4O3S/c1-9-6-19(7-10(2)22-9)14(21)13(20)17-15-16-11-4-5-18(3)8-12(11)23-15/h9-10H,4-8H2,1-3H3,(H,16,17,20). The number of hydrogen-bond acceptors (Lipinski definition) is 6. The molecule has 3 heterocycles. The number of morpholine rings is 1. The molecule has 2 atom stereocenters. The lowest BCUT2D eigenvalue weighted by atomic mass is 10.2. The van der Waals surface area contributed by atoms with Gasteiger partial charge in [0.1, 0.15) is 0 Å². The fourth-order valence-corrected chi connectivity index (χ4v) is 4.10. The Bertz CT molecular complexity index is 608. The number of amides is 2. The Kier molecular flexibility index (Phi) is 4.65. The van der Waals surface area contributed by atoms with Gasteiger partial charge in [-0.25, -0.2) is 4.98 Å². The van der Waals surface area contributed by atoms with E-state index >= 15 is 0 Å². The van der Waals surface area contributed by atoms with Crippen molar-refractivity contribution >= 4 is 28.3 Å². The minimum atomic E-state index is -0.620. The monoisotopic (exact) mass is 338 g/mol. The fraction of sp³-hybridized carbons (Fsp3) is 0.667. The van der Waals surface area contributed by atoms with Crippen LogP contribution >= 0.6 is 11.3 Å². The van der Waals surface area contributed by atoms with Crippen molar-refractivity contribution in [2.45, 2.75) is 39.0 Å². The number of thiazole rings is 1. The van der Waals surface area contributed by atoms with E-state index in [0.717, 1.165) is 30.1 Å². The van der Waals surface area contributed by atoms with Gasteiger partial charge in [-0.1, -0.05) is 0 Å². The molecule has 8 heteroatoms. The first-order chi connectivity index (χ1) is 10.9. The van der Waals surface area contributed by atoms with E-state index in [9.17, 15) is 9.59 Å². The molecule has 1 fully saturated rings. The van der Waals surface area contributed by atoms with Gasteiger partial charge in [-0.15, -0.1) is 11.3 Å². The van der Waals surface area contributed by atoms with Crippen molar-refractivity contribution in [3.8, 4) is 0 Å². The predicted molar refractivity (Wildman–Crippen MR) is 87.4 cm³/mol. The summed E-state index contributed by atoms with van der Waals surface area (Å²) in [7, 11) is 2.06. The van der Waals surface area contributed by atoms with Crippen LogP contribution < -0.4 is 5.32 Å². The van der Waals surface area contributed by atoms with Crippen molar-refractivity contribution in [3.63, 3.8) is 0 Å². The van der Waals surface area contributed by atoms with Gasteiger partial charge >= 0.3 is 11.8 Å². The summed E-state index contributed by atoms with van der Waals surface area (Å²) in [5.41, 5.74) is 1.03. The number of aromatic nitrogens is 1. The van der Waals surface area contributed by atoms with E-state index in [2.05, 4.69) is 22.2 Å². The Labute approximate surface area is 139 Å². The second-order valence-electron chi connectivity index (χ2n) is 6.30. The second-order valence-corrected chi connectivity index (χ2v) is 7.38. The number of nitrogens with zero attached hydrogens (tertiary/aromatic N) is 3. The Hall–Kier alpha value is -1.51. The van der Waals surface area contributed by atoms with Crippen LogP contribution in [-0.2, 0) is 27.3 Å². The molecule has 2 amide bonds. The SMILES string of the molecule is CC1CN(C(=O)C(=O)Nc2nc3c(s2)CN(C)CC3)CC(C)O1. The molecule has 0 spiro atoms. The third kappa shape index (κ3) is 3.70. The van der Waals surface area contributed by atoms with Gasteiger partial charge in [0.25, 0.3) is 0 Å². The van der Waals surface area contributed by atoms with E-state index in [4.69, 9.17) is 4.74 Å². The summed E-state index contributed by atoms with van der Waals surface area (Å²) in [5, 5.41) is 3.17. The summed E-state index contributed by atoms with van der Waals surface area (Å²) in [6, 6.07) is 0. The molecule has 126 valence electrons. The quantitative estimate of drug-likeness (QED) is 0.763. The van der Waals surface area contributed by atoms with Gasteiger partial charge in [-0.3, -0.25) is 14.9 Å². The molecular weight excluding hydrogens is 316 g/mol. The highest BCUT2D eigenvalue weighted by molar-refractivity contribution is 7.16. The largest absolute Gasteiger partial charge is 0.372 e. The highest BCUT2D eigenvalue weighted by Crippen LogP contribution is 2.27. The number of hydrogen-bond donors (Lipinski definition) is 1. The number of anilines is 1. The van der Waals surface area contributed by atoms with Crippen LogP contribution in [0.1, 0.15) is 24.4 Å². The van der Waals surface area contributed by atoms with Crippen molar-refractivity contribution in [2.75, 3.05) is 32.0 Å². The van der Waals surface area contributed by atoms with Gasteiger partial charge in [-0.05, 0) is 20.9 Å². The van der Waals surface area contributed by atoms with E-state index in [1.807, 2.05) is 13.8 Å². The van der Waals surface area contributed by atoms with Gasteiger partial charge < -0.3 is 14.5 Å². The van der Waals surface area contributed by atoms with Crippen molar-refractivity contribution in [1.82, 2.24) is 14.8 Å². The second kappa shape index (κ2) is 6.54. The van der Waals surface area contributed by atoms with Gasteiger partial charge in [0.2, 0.25) is 0 Å². The fourth-order valence-electron chi connectivity index (χ4n) is 3.01. The average molecular weight is 338 g/mol. The summed E-state index contributed by atoms with van der Waals surface area (Å²) >= 11 is 1.45. The Morgan fingerprint density at radius 3 is 2.70 bits per heavy atom. The number of ether oxygens (including phenoxy) is 1. The normalized spacial score (nSPS) is 25.1. The van der Waals surface area contributed by atoms with Crippen molar-refractivity contribution in [3.05, 3.63) is 10.6 Å². The highest BCUT2D eigenvalue weighted by Gasteiger charge is 2.30. The van der Waals surface area contributed by atoms with Gasteiger partial charge in [0.05, 0.1) is 17.9 Å². The summed E-state index contributed by atoms with van der Waals surface area (Å²) in [6.45, 7) is 6.49. The first kappa shape index (κ1) is 16.4. The van der Waals surface area contributed by atoms with Crippen LogP contribution in [0, 0.1) is 0 Å². The molecule has 1 saturated heterocycles. The molecule has 1 aromatic heterocycles. The topological polar surface area (TPSA) is 74.8 Å². The summed E-state index contributed by atoms with van der Waals surface area (Å²) < 4.78 is 5.59. The van der Waals surface area contributed by atoms with Crippen LogP contribution in [0.2, 0.25) is 0 Å². The number of nitrogens with one attached hydrogen (secondary N) is 1. The molecule has 23 heavy (non-hydrogen) atoms. The van der Waals surface area contributed by atoms with E-state index in [0.29, 0.717) is 18.2 Å². The Morgan fingerprint density at radius 1 is 1.30 bits per heavy atom. The van der Waals surface area contributed by atoms with Gasteiger partial charge in [-0.2, -0.15) is 0 Å². The lowest BCUT2D eigenvalue weighted by molar-refractivity contribution is -0.151.